The molecular weight excluding hydrogens is 272 g/mol. The van der Waals surface area contributed by atoms with Gasteiger partial charge in [-0.2, -0.15) is 0 Å². The lowest BCUT2D eigenvalue weighted by Gasteiger charge is -2.22. The largest absolute Gasteiger partial charge is 0.375 e. The number of halogens is 1. The van der Waals surface area contributed by atoms with Crippen molar-refractivity contribution in [1.82, 2.24) is 10.6 Å². The number of nitrogens with one attached hydrogen (secondary N) is 2. The second-order valence-corrected chi connectivity index (χ2v) is 5.11. The van der Waals surface area contributed by atoms with E-state index in [9.17, 15) is 4.79 Å². The van der Waals surface area contributed by atoms with Gasteiger partial charge in [0.1, 0.15) is 0 Å². The van der Waals surface area contributed by atoms with E-state index in [2.05, 4.69) is 22.1 Å². The average Bonchev–Trinajstić information content (AvgIpc) is 2.83. The lowest BCUT2D eigenvalue weighted by atomic mass is 10.2. The molecule has 6 heteroatoms. The zero-order chi connectivity index (χ0) is 11.9. The summed E-state index contributed by atoms with van der Waals surface area (Å²) in [5.74, 6) is 0.0789. The highest BCUT2D eigenvalue weighted by Gasteiger charge is 2.16. The Labute approximate surface area is 118 Å². The number of amides is 1. The zero-order valence-electron chi connectivity index (χ0n) is 10.2. The van der Waals surface area contributed by atoms with Crippen LogP contribution in [0.4, 0.5) is 0 Å². The molecule has 0 radical (unpaired) electrons. The summed E-state index contributed by atoms with van der Waals surface area (Å²) < 4.78 is 5.48. The molecule has 0 aromatic carbocycles. The molecule has 1 unspecified atom stereocenters. The second-order valence-electron chi connectivity index (χ2n) is 4.08. The van der Waals surface area contributed by atoms with Crippen molar-refractivity contribution >= 4 is 29.7 Å². The predicted octanol–water partition coefficient (Wildman–Crippen LogP) is 1.21. The molecule has 1 fully saturated rings. The second kappa shape index (κ2) is 8.48. The Hall–Kier alpha value is -0.620. The van der Waals surface area contributed by atoms with Crippen molar-refractivity contribution in [2.45, 2.75) is 18.9 Å². The van der Waals surface area contributed by atoms with Crippen molar-refractivity contribution in [2.75, 3.05) is 26.2 Å². The molecule has 2 rings (SSSR count). The number of hydrogen-bond acceptors (Lipinski definition) is 4. The number of rotatable bonds is 5. The Bertz CT molecular complexity index is 340. The van der Waals surface area contributed by atoms with Crippen LogP contribution >= 0.6 is 23.7 Å². The third-order valence-corrected chi connectivity index (χ3v) is 3.63. The summed E-state index contributed by atoms with van der Waals surface area (Å²) in [6.45, 7) is 3.07. The fourth-order valence-electron chi connectivity index (χ4n) is 1.81. The Kier molecular flexibility index (Phi) is 7.27. The number of carbonyl (C=O) groups is 1. The quantitative estimate of drug-likeness (QED) is 0.857. The molecular formula is C12H19ClN2O2S. The van der Waals surface area contributed by atoms with Crippen molar-refractivity contribution in [2.24, 2.45) is 0 Å². The summed E-state index contributed by atoms with van der Waals surface area (Å²) in [6.07, 6.45) is 1.40. The average molecular weight is 291 g/mol. The Morgan fingerprint density at radius 2 is 2.50 bits per heavy atom. The summed E-state index contributed by atoms with van der Waals surface area (Å²) in [5.41, 5.74) is 0. The van der Waals surface area contributed by atoms with Crippen LogP contribution in [-0.4, -0.2) is 38.3 Å². The summed E-state index contributed by atoms with van der Waals surface area (Å²) in [7, 11) is 0. The van der Waals surface area contributed by atoms with Crippen LogP contribution in [0, 0.1) is 0 Å². The molecule has 0 aliphatic carbocycles. The molecule has 102 valence electrons. The summed E-state index contributed by atoms with van der Waals surface area (Å²) in [6, 6.07) is 4.12. The van der Waals surface area contributed by atoms with E-state index < -0.39 is 0 Å². The number of morpholine rings is 1. The molecule has 0 spiro atoms. The van der Waals surface area contributed by atoms with Crippen LogP contribution in [0.25, 0.3) is 0 Å². The normalized spacial score (nSPS) is 19.0. The number of hydrogen-bond donors (Lipinski definition) is 2. The maximum Gasteiger partial charge on any atom is 0.222 e. The SMILES string of the molecule is Cl.O=C(CC1CNCCO1)NCCc1cccs1. The van der Waals surface area contributed by atoms with Crippen molar-refractivity contribution in [3.8, 4) is 0 Å². The van der Waals surface area contributed by atoms with E-state index in [1.165, 1.54) is 4.88 Å². The van der Waals surface area contributed by atoms with E-state index in [0.717, 1.165) is 19.5 Å². The lowest BCUT2D eigenvalue weighted by molar-refractivity contribution is -0.124. The maximum absolute atomic E-state index is 11.6. The molecule has 1 aromatic rings. The summed E-state index contributed by atoms with van der Waals surface area (Å²) in [5, 5.41) is 8.20. The lowest BCUT2D eigenvalue weighted by Crippen LogP contribution is -2.41. The van der Waals surface area contributed by atoms with Gasteiger partial charge >= 0.3 is 0 Å². The summed E-state index contributed by atoms with van der Waals surface area (Å²) in [4.78, 5) is 12.9. The van der Waals surface area contributed by atoms with Gasteiger partial charge in [-0.15, -0.1) is 23.7 Å². The van der Waals surface area contributed by atoms with Crippen LogP contribution < -0.4 is 10.6 Å². The van der Waals surface area contributed by atoms with Crippen LogP contribution in [0.5, 0.6) is 0 Å². The number of carbonyl (C=O) groups excluding carboxylic acids is 1. The van der Waals surface area contributed by atoms with E-state index in [4.69, 9.17) is 4.74 Å². The minimum absolute atomic E-state index is 0. The van der Waals surface area contributed by atoms with Gasteiger partial charge in [0, 0.05) is 24.5 Å². The maximum atomic E-state index is 11.6. The molecule has 18 heavy (non-hydrogen) atoms. The minimum Gasteiger partial charge on any atom is -0.375 e. The standard InChI is InChI=1S/C12H18N2O2S.ClH/c15-12(8-10-9-13-5-6-16-10)14-4-3-11-2-1-7-17-11;/h1-2,7,10,13H,3-6,8-9H2,(H,14,15);1H. The summed E-state index contributed by atoms with van der Waals surface area (Å²) >= 11 is 1.72. The number of thiophene rings is 1. The number of ether oxygens (including phenoxy) is 1. The van der Waals surface area contributed by atoms with Crippen LogP contribution in [-0.2, 0) is 16.0 Å². The first-order valence-electron chi connectivity index (χ1n) is 5.96. The molecule has 1 aliphatic heterocycles. The van der Waals surface area contributed by atoms with Crippen molar-refractivity contribution < 1.29 is 9.53 Å². The molecule has 1 saturated heterocycles. The molecule has 2 heterocycles. The van der Waals surface area contributed by atoms with Crippen LogP contribution in [0.1, 0.15) is 11.3 Å². The van der Waals surface area contributed by atoms with Crippen molar-refractivity contribution in [3.05, 3.63) is 22.4 Å². The smallest absolute Gasteiger partial charge is 0.222 e. The first-order chi connectivity index (χ1) is 8.34. The van der Waals surface area contributed by atoms with Gasteiger partial charge in [-0.25, -0.2) is 0 Å². The fourth-order valence-corrected chi connectivity index (χ4v) is 2.52. The van der Waals surface area contributed by atoms with Gasteiger partial charge in [0.05, 0.1) is 19.1 Å². The molecule has 0 saturated carbocycles. The van der Waals surface area contributed by atoms with E-state index in [1.807, 2.05) is 6.07 Å². The monoisotopic (exact) mass is 290 g/mol. The van der Waals surface area contributed by atoms with E-state index in [0.29, 0.717) is 19.6 Å². The van der Waals surface area contributed by atoms with E-state index >= 15 is 0 Å². The van der Waals surface area contributed by atoms with Crippen LogP contribution in [0.3, 0.4) is 0 Å². The van der Waals surface area contributed by atoms with Crippen LogP contribution in [0.2, 0.25) is 0 Å². The van der Waals surface area contributed by atoms with E-state index in [1.54, 1.807) is 11.3 Å². The van der Waals surface area contributed by atoms with Crippen LogP contribution in [0.15, 0.2) is 17.5 Å². The van der Waals surface area contributed by atoms with Gasteiger partial charge in [0.15, 0.2) is 0 Å². The highest BCUT2D eigenvalue weighted by atomic mass is 35.5. The molecule has 2 N–H and O–H groups in total. The first kappa shape index (κ1) is 15.4. The minimum atomic E-state index is 0. The topological polar surface area (TPSA) is 50.4 Å². The highest BCUT2D eigenvalue weighted by molar-refractivity contribution is 7.09. The molecule has 0 bridgehead atoms. The molecule has 1 aliphatic rings. The van der Waals surface area contributed by atoms with E-state index in [-0.39, 0.29) is 24.4 Å². The molecule has 4 nitrogen and oxygen atoms in total. The fraction of sp³-hybridized carbons (Fsp3) is 0.583. The predicted molar refractivity (Wildman–Crippen MR) is 75.5 cm³/mol. The van der Waals surface area contributed by atoms with Gasteiger partial charge in [0.2, 0.25) is 5.91 Å². The Morgan fingerprint density at radius 3 is 3.17 bits per heavy atom. The van der Waals surface area contributed by atoms with Gasteiger partial charge in [-0.1, -0.05) is 6.07 Å². The molecule has 1 atom stereocenters. The third kappa shape index (κ3) is 5.35. The Morgan fingerprint density at radius 1 is 1.61 bits per heavy atom. The molecule has 1 aromatic heterocycles. The molecule has 1 amide bonds. The Balaban J connectivity index is 0.00000162. The first-order valence-corrected chi connectivity index (χ1v) is 6.84. The van der Waals surface area contributed by atoms with Gasteiger partial charge in [-0.05, 0) is 17.9 Å². The zero-order valence-corrected chi connectivity index (χ0v) is 11.8. The third-order valence-electron chi connectivity index (χ3n) is 2.69. The highest BCUT2D eigenvalue weighted by Crippen LogP contribution is 2.08. The van der Waals surface area contributed by atoms with Crippen molar-refractivity contribution in [1.29, 1.82) is 0 Å². The van der Waals surface area contributed by atoms with Gasteiger partial charge in [0.25, 0.3) is 0 Å². The van der Waals surface area contributed by atoms with Gasteiger partial charge in [-0.3, -0.25) is 4.79 Å². The van der Waals surface area contributed by atoms with Crippen molar-refractivity contribution in [3.63, 3.8) is 0 Å². The van der Waals surface area contributed by atoms with Gasteiger partial charge < -0.3 is 15.4 Å².